The quantitative estimate of drug-likeness (QED) is 0.781. The van der Waals surface area contributed by atoms with E-state index >= 15 is 0 Å². The summed E-state index contributed by atoms with van der Waals surface area (Å²) in [6.07, 6.45) is 4.89. The number of aromatic nitrogens is 1. The van der Waals surface area contributed by atoms with Gasteiger partial charge in [0.1, 0.15) is 5.76 Å². The minimum Gasteiger partial charge on any atom is -0.464 e. The zero-order valence-corrected chi connectivity index (χ0v) is 13.4. The highest BCUT2D eigenvalue weighted by molar-refractivity contribution is 7.89. The summed E-state index contributed by atoms with van der Waals surface area (Å²) >= 11 is 0. The molecule has 3 aromatic rings. The van der Waals surface area contributed by atoms with Gasteiger partial charge in [0.05, 0.1) is 11.2 Å². The molecule has 0 aliphatic rings. The van der Waals surface area contributed by atoms with Crippen molar-refractivity contribution in [2.75, 3.05) is 0 Å². The average molecular weight is 328 g/mol. The lowest BCUT2D eigenvalue weighted by Crippen LogP contribution is -2.23. The number of rotatable bonds is 5. The fourth-order valence-corrected chi connectivity index (χ4v) is 3.16. The van der Waals surface area contributed by atoms with Crippen molar-refractivity contribution in [3.05, 3.63) is 72.2 Å². The lowest BCUT2D eigenvalue weighted by atomic mass is 10.2. The molecule has 0 atom stereocenters. The fourth-order valence-electron chi connectivity index (χ4n) is 2.14. The molecule has 0 saturated heterocycles. The van der Waals surface area contributed by atoms with Gasteiger partial charge >= 0.3 is 0 Å². The summed E-state index contributed by atoms with van der Waals surface area (Å²) in [7, 11) is -3.54. The molecule has 2 aromatic heterocycles. The van der Waals surface area contributed by atoms with Gasteiger partial charge in [0.25, 0.3) is 0 Å². The van der Waals surface area contributed by atoms with Crippen LogP contribution in [0.3, 0.4) is 0 Å². The van der Waals surface area contributed by atoms with Crippen LogP contribution in [0.15, 0.2) is 70.4 Å². The van der Waals surface area contributed by atoms with Gasteiger partial charge in [0, 0.05) is 24.5 Å². The maximum atomic E-state index is 12.3. The van der Waals surface area contributed by atoms with Crippen molar-refractivity contribution in [2.24, 2.45) is 0 Å². The van der Waals surface area contributed by atoms with Crippen molar-refractivity contribution in [3.8, 4) is 11.3 Å². The van der Waals surface area contributed by atoms with Crippen molar-refractivity contribution >= 4 is 10.0 Å². The van der Waals surface area contributed by atoms with Crippen molar-refractivity contribution < 1.29 is 12.8 Å². The van der Waals surface area contributed by atoms with Crippen LogP contribution in [0.1, 0.15) is 11.1 Å². The van der Waals surface area contributed by atoms with Crippen LogP contribution in [0.4, 0.5) is 0 Å². The van der Waals surface area contributed by atoms with Crippen LogP contribution in [-0.2, 0) is 16.6 Å². The summed E-state index contributed by atoms with van der Waals surface area (Å²) in [6, 6.07) is 12.2. The average Bonchev–Trinajstić information content (AvgIpc) is 3.08. The third-order valence-corrected chi connectivity index (χ3v) is 4.82. The zero-order chi connectivity index (χ0) is 16.3. The first-order chi connectivity index (χ1) is 11.0. The predicted molar refractivity (Wildman–Crippen MR) is 87.1 cm³/mol. The molecule has 2 heterocycles. The Morgan fingerprint density at radius 1 is 1.13 bits per heavy atom. The number of hydrogen-bond acceptors (Lipinski definition) is 4. The van der Waals surface area contributed by atoms with Crippen molar-refractivity contribution in [1.29, 1.82) is 0 Å². The second kappa shape index (κ2) is 6.36. The molecule has 0 unspecified atom stereocenters. The van der Waals surface area contributed by atoms with Crippen LogP contribution in [0.5, 0.6) is 0 Å². The fraction of sp³-hybridized carbons (Fsp3) is 0.118. The third-order valence-electron chi connectivity index (χ3n) is 3.40. The summed E-state index contributed by atoms with van der Waals surface area (Å²) in [4.78, 5) is 4.38. The molecule has 0 aliphatic carbocycles. The van der Waals surface area contributed by atoms with Crippen molar-refractivity contribution in [2.45, 2.75) is 18.4 Å². The molecule has 0 saturated carbocycles. The van der Waals surface area contributed by atoms with Gasteiger partial charge in [-0.05, 0) is 42.8 Å². The normalized spacial score (nSPS) is 11.5. The van der Waals surface area contributed by atoms with Gasteiger partial charge in [0.2, 0.25) is 10.0 Å². The molecule has 1 aromatic carbocycles. The molecule has 23 heavy (non-hydrogen) atoms. The smallest absolute Gasteiger partial charge is 0.240 e. The Balaban J connectivity index is 1.75. The van der Waals surface area contributed by atoms with Gasteiger partial charge < -0.3 is 4.42 Å². The van der Waals surface area contributed by atoms with E-state index in [0.29, 0.717) is 5.76 Å². The highest BCUT2D eigenvalue weighted by atomic mass is 32.2. The molecular weight excluding hydrogens is 312 g/mol. The third kappa shape index (κ3) is 3.67. The summed E-state index contributed by atoms with van der Waals surface area (Å²) in [5.74, 6) is 0.695. The lowest BCUT2D eigenvalue weighted by molar-refractivity contribution is 0.580. The number of hydrogen-bond donors (Lipinski definition) is 1. The highest BCUT2D eigenvalue weighted by Gasteiger charge is 2.13. The Bertz CT molecular complexity index is 886. The second-order valence-corrected chi connectivity index (χ2v) is 6.96. The van der Waals surface area contributed by atoms with E-state index in [1.165, 1.54) is 0 Å². The largest absolute Gasteiger partial charge is 0.464 e. The zero-order valence-electron chi connectivity index (χ0n) is 12.6. The van der Waals surface area contributed by atoms with Crippen LogP contribution in [0, 0.1) is 6.92 Å². The van der Waals surface area contributed by atoms with Gasteiger partial charge in [0.15, 0.2) is 0 Å². The molecule has 5 nitrogen and oxygen atoms in total. The molecule has 118 valence electrons. The van der Waals surface area contributed by atoms with E-state index in [2.05, 4.69) is 9.71 Å². The Labute approximate surface area is 135 Å². The molecule has 0 amide bonds. The van der Waals surface area contributed by atoms with Gasteiger partial charge in [-0.2, -0.15) is 0 Å². The summed E-state index contributed by atoms with van der Waals surface area (Å²) < 4.78 is 32.5. The number of aryl methyl sites for hydroxylation is 1. The first-order valence-corrected chi connectivity index (χ1v) is 8.57. The summed E-state index contributed by atoms with van der Waals surface area (Å²) in [5.41, 5.74) is 2.58. The predicted octanol–water partition coefficient (Wildman–Crippen LogP) is 3.13. The van der Waals surface area contributed by atoms with Gasteiger partial charge in [-0.3, -0.25) is 4.98 Å². The monoisotopic (exact) mass is 328 g/mol. The number of sulfonamides is 1. The summed E-state index contributed by atoms with van der Waals surface area (Å²) in [5, 5.41) is 0. The number of benzene rings is 1. The van der Waals surface area contributed by atoms with Gasteiger partial charge in [-0.1, -0.05) is 17.7 Å². The summed E-state index contributed by atoms with van der Waals surface area (Å²) in [6.45, 7) is 2.08. The standard InChI is InChI=1S/C17H16N2O3S/c1-13-4-6-16(7-5-13)23(20,21)19-11-14-9-15(12-18-10-14)17-3-2-8-22-17/h2-10,12,19H,11H2,1H3. The molecule has 0 fully saturated rings. The van der Waals surface area contributed by atoms with Gasteiger partial charge in [-0.25, -0.2) is 13.1 Å². The van der Waals surface area contributed by atoms with Gasteiger partial charge in [-0.15, -0.1) is 0 Å². The molecule has 0 aliphatic heterocycles. The molecule has 3 rings (SSSR count). The number of nitrogens with zero attached hydrogens (tertiary/aromatic N) is 1. The number of nitrogens with one attached hydrogen (secondary N) is 1. The topological polar surface area (TPSA) is 72.2 Å². The van der Waals surface area contributed by atoms with E-state index in [9.17, 15) is 8.42 Å². The molecule has 0 spiro atoms. The SMILES string of the molecule is Cc1ccc(S(=O)(=O)NCc2cncc(-c3ccco3)c2)cc1. The minimum atomic E-state index is -3.54. The van der Waals surface area contributed by atoms with Crippen molar-refractivity contribution in [1.82, 2.24) is 9.71 Å². The van der Waals surface area contributed by atoms with Crippen LogP contribution in [0.2, 0.25) is 0 Å². The van der Waals surface area contributed by atoms with Crippen LogP contribution in [0.25, 0.3) is 11.3 Å². The second-order valence-electron chi connectivity index (χ2n) is 5.20. The number of pyridine rings is 1. The molecule has 0 radical (unpaired) electrons. The maximum Gasteiger partial charge on any atom is 0.240 e. The highest BCUT2D eigenvalue weighted by Crippen LogP contribution is 2.20. The van der Waals surface area contributed by atoms with Crippen LogP contribution < -0.4 is 4.72 Å². The van der Waals surface area contributed by atoms with E-state index in [4.69, 9.17) is 4.42 Å². The maximum absolute atomic E-state index is 12.3. The van der Waals surface area contributed by atoms with Crippen LogP contribution >= 0.6 is 0 Å². The van der Waals surface area contributed by atoms with Crippen LogP contribution in [-0.4, -0.2) is 13.4 Å². The Hall–Kier alpha value is -2.44. The minimum absolute atomic E-state index is 0.164. The number of furan rings is 1. The van der Waals surface area contributed by atoms with E-state index in [1.54, 1.807) is 49.0 Å². The van der Waals surface area contributed by atoms with E-state index in [0.717, 1.165) is 16.7 Å². The molecule has 1 N–H and O–H groups in total. The van der Waals surface area contributed by atoms with Crippen molar-refractivity contribution in [3.63, 3.8) is 0 Å². The lowest BCUT2D eigenvalue weighted by Gasteiger charge is -2.08. The Morgan fingerprint density at radius 3 is 2.61 bits per heavy atom. The molecule has 6 heteroatoms. The molecular formula is C17H16N2O3S. The van der Waals surface area contributed by atoms with E-state index in [-0.39, 0.29) is 11.4 Å². The first kappa shape index (κ1) is 15.5. The van der Waals surface area contributed by atoms with E-state index in [1.807, 2.05) is 19.1 Å². The Morgan fingerprint density at radius 2 is 1.91 bits per heavy atom. The first-order valence-electron chi connectivity index (χ1n) is 7.09. The van der Waals surface area contributed by atoms with E-state index < -0.39 is 10.0 Å². The Kier molecular flexibility index (Phi) is 4.27. The molecule has 0 bridgehead atoms.